The van der Waals surface area contributed by atoms with Crippen molar-refractivity contribution in [3.63, 3.8) is 0 Å². The summed E-state index contributed by atoms with van der Waals surface area (Å²) in [4.78, 5) is 29.2. The van der Waals surface area contributed by atoms with Gasteiger partial charge in [-0.3, -0.25) is 9.48 Å². The molecule has 1 N–H and O–H groups in total. The molecule has 0 atom stereocenters. The number of hydrogen-bond donors (Lipinski definition) is 1. The lowest BCUT2D eigenvalue weighted by atomic mass is 10.1. The van der Waals surface area contributed by atoms with Crippen LogP contribution in [0, 0.1) is 0 Å². The van der Waals surface area contributed by atoms with E-state index in [1.807, 2.05) is 71.0 Å². The first-order chi connectivity index (χ1) is 18.1. The Kier molecular flexibility index (Phi) is 6.10. The zero-order valence-corrected chi connectivity index (χ0v) is 20.7. The van der Waals surface area contributed by atoms with Crippen LogP contribution in [0.3, 0.4) is 0 Å². The van der Waals surface area contributed by atoms with Crippen LogP contribution in [0.4, 0.5) is 5.82 Å². The van der Waals surface area contributed by atoms with E-state index < -0.39 is 0 Å². The summed E-state index contributed by atoms with van der Waals surface area (Å²) in [6.45, 7) is 2.93. The standard InChI is InChI=1S/C28H28N8O/c1-34-17-22-10-14-36(18-25(22)33-34)27-26(20-6-3-2-4-7-20)31-24-16-21(8-9-23(24)32-27)28(37)30-11-5-13-35-15-12-29-19-35/h2-4,6-9,12,15-17,19H,5,10-11,13-14,18H2,1H3,(H,30,37). The molecule has 186 valence electrons. The van der Waals surface area contributed by atoms with Gasteiger partial charge in [-0.05, 0) is 36.6 Å². The number of benzene rings is 2. The maximum Gasteiger partial charge on any atom is 0.251 e. The number of aryl methyl sites for hydroxylation is 2. The molecular formula is C28H28N8O. The fourth-order valence-electron chi connectivity index (χ4n) is 4.80. The van der Waals surface area contributed by atoms with Gasteiger partial charge in [0.1, 0.15) is 5.69 Å². The molecule has 3 aromatic heterocycles. The monoisotopic (exact) mass is 492 g/mol. The molecule has 1 aliphatic heterocycles. The fourth-order valence-corrected chi connectivity index (χ4v) is 4.80. The van der Waals surface area contributed by atoms with E-state index in [-0.39, 0.29) is 5.91 Å². The van der Waals surface area contributed by atoms with Crippen molar-refractivity contribution in [1.29, 1.82) is 0 Å². The highest BCUT2D eigenvalue weighted by molar-refractivity contribution is 5.98. The number of amides is 1. The summed E-state index contributed by atoms with van der Waals surface area (Å²) in [7, 11) is 1.96. The van der Waals surface area contributed by atoms with E-state index in [9.17, 15) is 4.79 Å². The summed E-state index contributed by atoms with van der Waals surface area (Å²) in [5, 5.41) is 7.65. The minimum absolute atomic E-state index is 0.113. The van der Waals surface area contributed by atoms with Crippen LogP contribution in [0.25, 0.3) is 22.3 Å². The Morgan fingerprint density at radius 2 is 1.97 bits per heavy atom. The Bertz CT molecular complexity index is 1540. The van der Waals surface area contributed by atoms with E-state index in [0.717, 1.165) is 54.2 Å². The zero-order valence-electron chi connectivity index (χ0n) is 20.7. The molecule has 2 aromatic carbocycles. The number of imidazole rings is 1. The number of aromatic nitrogens is 6. The van der Waals surface area contributed by atoms with Crippen molar-refractivity contribution in [2.24, 2.45) is 7.05 Å². The van der Waals surface area contributed by atoms with E-state index in [2.05, 4.69) is 26.5 Å². The molecule has 0 saturated carbocycles. The van der Waals surface area contributed by atoms with Gasteiger partial charge in [-0.15, -0.1) is 0 Å². The van der Waals surface area contributed by atoms with Crippen molar-refractivity contribution in [2.45, 2.75) is 25.9 Å². The van der Waals surface area contributed by atoms with Crippen molar-refractivity contribution in [3.05, 3.63) is 90.3 Å². The SMILES string of the molecule is Cn1cc2c(n1)CN(c1nc3ccc(C(=O)NCCCn4ccnc4)cc3nc1-c1ccccc1)CC2. The largest absolute Gasteiger partial charge is 0.352 e. The average molecular weight is 493 g/mol. The second-order valence-electron chi connectivity index (χ2n) is 9.32. The second-order valence-corrected chi connectivity index (χ2v) is 9.32. The highest BCUT2D eigenvalue weighted by Gasteiger charge is 2.24. The number of carbonyl (C=O) groups is 1. The van der Waals surface area contributed by atoms with Crippen molar-refractivity contribution >= 4 is 22.8 Å². The van der Waals surface area contributed by atoms with Crippen LogP contribution in [-0.4, -0.2) is 48.3 Å². The van der Waals surface area contributed by atoms with Gasteiger partial charge in [0, 0.05) is 56.4 Å². The van der Waals surface area contributed by atoms with Gasteiger partial charge in [0.2, 0.25) is 0 Å². The van der Waals surface area contributed by atoms with Crippen LogP contribution in [0.1, 0.15) is 28.0 Å². The van der Waals surface area contributed by atoms with E-state index in [4.69, 9.17) is 9.97 Å². The summed E-state index contributed by atoms with van der Waals surface area (Å²) < 4.78 is 3.88. The van der Waals surface area contributed by atoms with Crippen molar-refractivity contribution < 1.29 is 4.79 Å². The number of anilines is 1. The Morgan fingerprint density at radius 3 is 2.81 bits per heavy atom. The second kappa shape index (κ2) is 9.85. The molecule has 0 spiro atoms. The van der Waals surface area contributed by atoms with E-state index in [0.29, 0.717) is 24.2 Å². The molecule has 5 aromatic rings. The molecule has 37 heavy (non-hydrogen) atoms. The van der Waals surface area contributed by atoms with Crippen LogP contribution in [0.2, 0.25) is 0 Å². The molecule has 6 rings (SSSR count). The van der Waals surface area contributed by atoms with Crippen LogP contribution in [0.15, 0.2) is 73.4 Å². The summed E-state index contributed by atoms with van der Waals surface area (Å²) in [6, 6.07) is 15.6. The van der Waals surface area contributed by atoms with Crippen molar-refractivity contribution in [3.8, 4) is 11.3 Å². The first-order valence-electron chi connectivity index (χ1n) is 12.5. The van der Waals surface area contributed by atoms with Crippen LogP contribution >= 0.6 is 0 Å². The number of hydrogen-bond acceptors (Lipinski definition) is 6. The van der Waals surface area contributed by atoms with Gasteiger partial charge < -0.3 is 14.8 Å². The number of fused-ring (bicyclic) bond motifs is 2. The van der Waals surface area contributed by atoms with E-state index in [1.165, 1.54) is 5.56 Å². The molecule has 9 nitrogen and oxygen atoms in total. The summed E-state index contributed by atoms with van der Waals surface area (Å²) in [5.74, 6) is 0.727. The maximum absolute atomic E-state index is 12.8. The predicted octanol–water partition coefficient (Wildman–Crippen LogP) is 3.61. The quantitative estimate of drug-likeness (QED) is 0.349. The molecule has 1 aliphatic rings. The topological polar surface area (TPSA) is 93.8 Å². The molecule has 0 bridgehead atoms. The van der Waals surface area contributed by atoms with Gasteiger partial charge in [-0.1, -0.05) is 30.3 Å². The lowest BCUT2D eigenvalue weighted by Crippen LogP contribution is -2.31. The van der Waals surface area contributed by atoms with E-state index >= 15 is 0 Å². The molecule has 0 fully saturated rings. The fraction of sp³-hybridized carbons (Fsp3) is 0.250. The van der Waals surface area contributed by atoms with Gasteiger partial charge in [0.05, 0.1) is 29.6 Å². The third kappa shape index (κ3) is 4.80. The van der Waals surface area contributed by atoms with Crippen molar-refractivity contribution in [2.75, 3.05) is 18.0 Å². The number of carbonyl (C=O) groups excluding carboxylic acids is 1. The molecular weight excluding hydrogens is 464 g/mol. The van der Waals surface area contributed by atoms with Gasteiger partial charge >= 0.3 is 0 Å². The van der Waals surface area contributed by atoms with Crippen LogP contribution in [0.5, 0.6) is 0 Å². The van der Waals surface area contributed by atoms with Crippen LogP contribution in [-0.2, 0) is 26.6 Å². The molecule has 0 aliphatic carbocycles. The molecule has 0 unspecified atom stereocenters. The molecule has 0 saturated heterocycles. The number of rotatable bonds is 7. The lowest BCUT2D eigenvalue weighted by molar-refractivity contribution is 0.0953. The average Bonchev–Trinajstić information content (AvgIpc) is 3.58. The first kappa shape index (κ1) is 22.9. The van der Waals surface area contributed by atoms with Gasteiger partial charge in [0.25, 0.3) is 5.91 Å². The summed E-state index contributed by atoms with van der Waals surface area (Å²) >= 11 is 0. The number of nitrogens with one attached hydrogen (secondary N) is 1. The van der Waals surface area contributed by atoms with Gasteiger partial charge in [-0.25, -0.2) is 15.0 Å². The molecule has 4 heterocycles. The minimum Gasteiger partial charge on any atom is -0.352 e. The third-order valence-corrected chi connectivity index (χ3v) is 6.68. The highest BCUT2D eigenvalue weighted by atomic mass is 16.1. The molecule has 1 amide bonds. The maximum atomic E-state index is 12.8. The normalized spacial score (nSPS) is 13.1. The molecule has 9 heteroatoms. The smallest absolute Gasteiger partial charge is 0.251 e. The summed E-state index contributed by atoms with van der Waals surface area (Å²) in [6.07, 6.45) is 9.29. The third-order valence-electron chi connectivity index (χ3n) is 6.68. The first-order valence-corrected chi connectivity index (χ1v) is 12.5. The Morgan fingerprint density at radius 1 is 1.08 bits per heavy atom. The predicted molar refractivity (Wildman–Crippen MR) is 142 cm³/mol. The van der Waals surface area contributed by atoms with Crippen LogP contribution < -0.4 is 10.2 Å². The Balaban J connectivity index is 1.28. The summed E-state index contributed by atoms with van der Waals surface area (Å²) in [5.41, 5.74) is 6.21. The van der Waals surface area contributed by atoms with Gasteiger partial charge in [-0.2, -0.15) is 5.10 Å². The lowest BCUT2D eigenvalue weighted by Gasteiger charge is -2.28. The Hall–Kier alpha value is -4.53. The number of nitrogens with zero attached hydrogens (tertiary/aromatic N) is 7. The highest BCUT2D eigenvalue weighted by Crippen LogP contribution is 2.32. The Labute approximate surface area is 214 Å². The zero-order chi connectivity index (χ0) is 25.2. The van der Waals surface area contributed by atoms with E-state index in [1.54, 1.807) is 12.5 Å². The molecule has 0 radical (unpaired) electrons. The minimum atomic E-state index is -0.113. The van der Waals surface area contributed by atoms with Gasteiger partial charge in [0.15, 0.2) is 5.82 Å². The van der Waals surface area contributed by atoms with Crippen molar-refractivity contribution in [1.82, 2.24) is 34.6 Å².